The smallest absolute Gasteiger partial charge is 0.287 e. The Bertz CT molecular complexity index is 1050. The van der Waals surface area contributed by atoms with Crippen LogP contribution in [-0.4, -0.2) is 16.6 Å². The number of benzene rings is 2. The zero-order valence-corrected chi connectivity index (χ0v) is 16.6. The van der Waals surface area contributed by atoms with Gasteiger partial charge in [-0.15, -0.1) is 0 Å². The number of carbonyl (C=O) groups excluding carboxylic acids is 1. The molecule has 5 nitrogen and oxygen atoms in total. The predicted octanol–water partition coefficient (Wildman–Crippen LogP) is 4.57. The summed E-state index contributed by atoms with van der Waals surface area (Å²) in [6.07, 6.45) is -0.180. The van der Waals surface area contributed by atoms with Crippen molar-refractivity contribution in [3.8, 4) is 5.75 Å². The molecule has 2 aromatic carbocycles. The van der Waals surface area contributed by atoms with E-state index in [-0.39, 0.29) is 11.7 Å². The van der Waals surface area contributed by atoms with Gasteiger partial charge in [-0.05, 0) is 45.4 Å². The van der Waals surface area contributed by atoms with Gasteiger partial charge in [-0.1, -0.05) is 29.8 Å². The molecule has 0 spiro atoms. The Balaban J connectivity index is 1.65. The van der Waals surface area contributed by atoms with Crippen molar-refractivity contribution in [1.29, 1.82) is 0 Å². The van der Waals surface area contributed by atoms with Crippen LogP contribution in [0, 0.1) is 13.8 Å². The van der Waals surface area contributed by atoms with Crippen LogP contribution in [0.4, 0.5) is 0 Å². The maximum atomic E-state index is 12.7. The molecular weight excluding hydrogens is 354 g/mol. The van der Waals surface area contributed by atoms with Crippen LogP contribution in [-0.2, 0) is 6.54 Å². The Hall–Kier alpha value is -2.79. The van der Waals surface area contributed by atoms with Crippen LogP contribution >= 0.6 is 0 Å². The molecule has 1 aromatic heterocycles. The van der Waals surface area contributed by atoms with Crippen LogP contribution in [0.5, 0.6) is 5.75 Å². The number of aliphatic hydroxyl groups excluding tert-OH is 1. The minimum atomic E-state index is -0.665. The Morgan fingerprint density at radius 1 is 1.18 bits per heavy atom. The molecule has 0 saturated carbocycles. The van der Waals surface area contributed by atoms with Crippen molar-refractivity contribution in [3.63, 3.8) is 0 Å². The van der Waals surface area contributed by atoms with E-state index in [4.69, 9.17) is 9.15 Å². The molecule has 1 amide bonds. The van der Waals surface area contributed by atoms with Gasteiger partial charge in [-0.3, -0.25) is 4.79 Å². The number of furan rings is 1. The van der Waals surface area contributed by atoms with Gasteiger partial charge in [0.1, 0.15) is 16.9 Å². The number of ether oxygens (including phenoxy) is 1. The molecule has 0 aliphatic carbocycles. The highest BCUT2D eigenvalue weighted by Gasteiger charge is 2.35. The molecule has 1 aliphatic heterocycles. The van der Waals surface area contributed by atoms with Crippen LogP contribution < -0.4 is 10.1 Å². The molecule has 28 heavy (non-hydrogen) atoms. The Morgan fingerprint density at radius 3 is 2.61 bits per heavy atom. The first-order valence-electron chi connectivity index (χ1n) is 9.52. The second-order valence-corrected chi connectivity index (χ2v) is 8.16. The number of hydrogen-bond donors (Lipinski definition) is 2. The summed E-state index contributed by atoms with van der Waals surface area (Å²) in [4.78, 5) is 12.7. The van der Waals surface area contributed by atoms with E-state index in [9.17, 15) is 9.90 Å². The minimum absolute atomic E-state index is 0.269. The van der Waals surface area contributed by atoms with Crippen molar-refractivity contribution in [3.05, 3.63) is 64.4 Å². The van der Waals surface area contributed by atoms with E-state index in [1.807, 2.05) is 52.0 Å². The molecule has 0 bridgehead atoms. The summed E-state index contributed by atoms with van der Waals surface area (Å²) in [5, 5.41) is 14.4. The summed E-state index contributed by atoms with van der Waals surface area (Å²) >= 11 is 0. The summed E-state index contributed by atoms with van der Waals surface area (Å²) in [7, 11) is 0. The van der Waals surface area contributed by atoms with Gasteiger partial charge in [-0.2, -0.15) is 0 Å². The van der Waals surface area contributed by atoms with Crippen molar-refractivity contribution in [2.45, 2.75) is 52.4 Å². The van der Waals surface area contributed by atoms with Crippen molar-refractivity contribution in [1.82, 2.24) is 5.32 Å². The van der Waals surface area contributed by atoms with E-state index in [0.29, 0.717) is 29.9 Å². The van der Waals surface area contributed by atoms with E-state index >= 15 is 0 Å². The zero-order valence-electron chi connectivity index (χ0n) is 16.6. The number of carbonyl (C=O) groups is 1. The fraction of sp³-hybridized carbons (Fsp3) is 0.348. The van der Waals surface area contributed by atoms with Gasteiger partial charge in [0, 0.05) is 29.5 Å². The van der Waals surface area contributed by atoms with Crippen molar-refractivity contribution in [2.24, 2.45) is 0 Å². The van der Waals surface area contributed by atoms with Crippen LogP contribution in [0.3, 0.4) is 0 Å². The van der Waals surface area contributed by atoms with E-state index in [2.05, 4.69) is 5.32 Å². The Kier molecular flexibility index (Phi) is 4.42. The second-order valence-electron chi connectivity index (χ2n) is 8.16. The van der Waals surface area contributed by atoms with E-state index < -0.39 is 11.7 Å². The minimum Gasteiger partial charge on any atom is -0.487 e. The lowest BCUT2D eigenvalue weighted by Gasteiger charge is -2.35. The Morgan fingerprint density at radius 2 is 1.89 bits per heavy atom. The number of amides is 1. The molecule has 0 unspecified atom stereocenters. The van der Waals surface area contributed by atoms with Crippen LogP contribution in [0.2, 0.25) is 0 Å². The molecule has 2 N–H and O–H groups in total. The average molecular weight is 379 g/mol. The third-order valence-electron chi connectivity index (χ3n) is 5.28. The van der Waals surface area contributed by atoms with Crippen molar-refractivity contribution < 1.29 is 19.1 Å². The first kappa shape index (κ1) is 18.6. The standard InChI is InChI=1S/C23H25NO4/c1-13-5-7-15(8-6-13)12-24-22(26)21-14(2)19-17(27-21)9-10-18-20(19)16(25)11-23(3,4)28-18/h5-10,16,25H,11-12H2,1-4H3,(H,24,26)/t16-/m1/s1. The first-order valence-corrected chi connectivity index (χ1v) is 9.52. The predicted molar refractivity (Wildman–Crippen MR) is 108 cm³/mol. The van der Waals surface area contributed by atoms with Gasteiger partial charge >= 0.3 is 0 Å². The molecule has 5 heteroatoms. The lowest BCUT2D eigenvalue weighted by molar-refractivity contribution is 0.0126. The highest BCUT2D eigenvalue weighted by Crippen LogP contribution is 2.45. The summed E-state index contributed by atoms with van der Waals surface area (Å²) in [6.45, 7) is 8.21. The molecule has 0 radical (unpaired) electrons. The number of hydrogen-bond acceptors (Lipinski definition) is 4. The van der Waals surface area contributed by atoms with Gasteiger partial charge in [0.05, 0.1) is 6.10 Å². The number of fused-ring (bicyclic) bond motifs is 3. The molecule has 1 aliphatic rings. The Labute approximate surface area is 164 Å². The highest BCUT2D eigenvalue weighted by atomic mass is 16.5. The molecule has 4 rings (SSSR count). The number of aryl methyl sites for hydroxylation is 2. The SMILES string of the molecule is Cc1ccc(CNC(=O)c2oc3ccc4c(c3c2C)[C@H](O)CC(C)(C)O4)cc1. The molecule has 3 aromatic rings. The maximum absolute atomic E-state index is 12.7. The lowest BCUT2D eigenvalue weighted by Crippen LogP contribution is -2.34. The monoisotopic (exact) mass is 379 g/mol. The van der Waals surface area contributed by atoms with E-state index in [1.54, 1.807) is 12.1 Å². The summed E-state index contributed by atoms with van der Waals surface area (Å²) in [5.74, 6) is 0.647. The van der Waals surface area contributed by atoms with E-state index in [0.717, 1.165) is 16.5 Å². The van der Waals surface area contributed by atoms with Gasteiger partial charge < -0.3 is 19.6 Å². The second kappa shape index (κ2) is 6.67. The molecule has 0 saturated heterocycles. The fourth-order valence-electron chi connectivity index (χ4n) is 3.86. The average Bonchev–Trinajstić information content (AvgIpc) is 2.96. The molecule has 1 atom stereocenters. The van der Waals surface area contributed by atoms with Gasteiger partial charge in [0.15, 0.2) is 5.76 Å². The largest absolute Gasteiger partial charge is 0.487 e. The lowest BCUT2D eigenvalue weighted by atomic mass is 9.89. The molecular formula is C23H25NO4. The molecule has 146 valence electrons. The molecule has 0 fully saturated rings. The normalized spacial score (nSPS) is 17.8. The van der Waals surface area contributed by atoms with Gasteiger partial charge in [-0.25, -0.2) is 0 Å². The topological polar surface area (TPSA) is 71.7 Å². The number of rotatable bonds is 3. The third kappa shape index (κ3) is 3.27. The van der Waals surface area contributed by atoms with Gasteiger partial charge in [0.2, 0.25) is 0 Å². The third-order valence-corrected chi connectivity index (χ3v) is 5.28. The fourth-order valence-corrected chi connectivity index (χ4v) is 3.86. The van der Waals surface area contributed by atoms with E-state index in [1.165, 1.54) is 5.56 Å². The zero-order chi connectivity index (χ0) is 20.1. The number of aliphatic hydroxyl groups is 1. The van der Waals surface area contributed by atoms with Crippen LogP contribution in [0.1, 0.15) is 59.2 Å². The summed E-state index contributed by atoms with van der Waals surface area (Å²) < 4.78 is 11.9. The maximum Gasteiger partial charge on any atom is 0.287 e. The highest BCUT2D eigenvalue weighted by molar-refractivity contribution is 6.00. The molecule has 2 heterocycles. The van der Waals surface area contributed by atoms with Gasteiger partial charge in [0.25, 0.3) is 5.91 Å². The summed E-state index contributed by atoms with van der Waals surface area (Å²) in [6, 6.07) is 11.6. The quantitative estimate of drug-likeness (QED) is 0.699. The van der Waals surface area contributed by atoms with Crippen molar-refractivity contribution in [2.75, 3.05) is 0 Å². The van der Waals surface area contributed by atoms with Crippen LogP contribution in [0.25, 0.3) is 11.0 Å². The first-order chi connectivity index (χ1) is 13.2. The summed E-state index contributed by atoms with van der Waals surface area (Å²) in [5.41, 5.74) is 3.77. The van der Waals surface area contributed by atoms with Crippen molar-refractivity contribution >= 4 is 16.9 Å². The van der Waals surface area contributed by atoms with Crippen LogP contribution in [0.15, 0.2) is 40.8 Å². The number of nitrogens with one attached hydrogen (secondary N) is 1.